The fraction of sp³-hybridized carbons (Fsp3) is 0.725. The highest BCUT2D eigenvalue weighted by Crippen LogP contribution is 2.39. The smallest absolute Gasteiger partial charge is 0.410 e. The second-order valence-corrected chi connectivity index (χ2v) is 26.5. The van der Waals surface area contributed by atoms with Crippen LogP contribution in [0.5, 0.6) is 0 Å². The number of piperazine rings is 1. The molecular weight excluding hydrogens is 1170 g/mol. The zero-order chi connectivity index (χ0) is 66.1. The monoisotopic (exact) mass is 1270 g/mol. The Morgan fingerprint density at radius 2 is 1.58 bits per heavy atom. The number of methoxy groups -OCH3 is 3. The fourth-order valence-electron chi connectivity index (χ4n) is 13.8. The lowest BCUT2D eigenvalue weighted by Gasteiger charge is -2.42. The number of carbonyl (C=O) groups excluding carboxylic acids is 7. The van der Waals surface area contributed by atoms with Crippen LogP contribution in [0.2, 0.25) is 0 Å². The summed E-state index contributed by atoms with van der Waals surface area (Å²) in [5, 5.41) is 23.8. The van der Waals surface area contributed by atoms with Gasteiger partial charge in [0.2, 0.25) is 17.6 Å². The molecule has 5 aliphatic heterocycles. The number of allylic oxidation sites excluding steroid dienone is 6. The van der Waals surface area contributed by atoms with Gasteiger partial charge in [-0.1, -0.05) is 78.0 Å². The summed E-state index contributed by atoms with van der Waals surface area (Å²) in [7, 11) is 4.53. The molecule has 4 fully saturated rings. The molecule has 506 valence electrons. The van der Waals surface area contributed by atoms with Crippen LogP contribution in [0.4, 0.5) is 10.7 Å². The van der Waals surface area contributed by atoms with Gasteiger partial charge < -0.3 is 63.0 Å². The highest BCUT2D eigenvalue weighted by atomic mass is 16.6. The third-order valence-electron chi connectivity index (χ3n) is 19.6. The van der Waals surface area contributed by atoms with Crippen LogP contribution in [0.3, 0.4) is 0 Å². The van der Waals surface area contributed by atoms with E-state index in [-0.39, 0.29) is 55.2 Å². The summed E-state index contributed by atoms with van der Waals surface area (Å²) in [6.45, 7) is 18.8. The molecule has 6 aliphatic rings. The third-order valence-corrected chi connectivity index (χ3v) is 19.6. The topological polar surface area (TPSA) is 263 Å². The van der Waals surface area contributed by atoms with Crippen LogP contribution in [0.15, 0.2) is 53.8 Å². The lowest BCUT2D eigenvalue weighted by atomic mass is 9.78. The Morgan fingerprint density at radius 3 is 2.30 bits per heavy atom. The molecule has 1 aliphatic carbocycles. The second kappa shape index (κ2) is 34.4. The van der Waals surface area contributed by atoms with E-state index in [0.29, 0.717) is 135 Å². The number of rotatable bonds is 13. The van der Waals surface area contributed by atoms with Crippen LogP contribution in [-0.4, -0.2) is 204 Å². The van der Waals surface area contributed by atoms with Crippen LogP contribution >= 0.6 is 0 Å². The molecule has 1 saturated carbocycles. The van der Waals surface area contributed by atoms with Gasteiger partial charge in [-0.2, -0.15) is 0 Å². The van der Waals surface area contributed by atoms with E-state index in [9.17, 15) is 43.8 Å². The zero-order valence-corrected chi connectivity index (χ0v) is 55.9. The number of Topliss-reactive ketones (excluding diaryl/α,β-unsaturated/α-hetero) is 3. The number of esters is 1. The molecule has 15 atom stereocenters. The number of hydrogen-bond donors (Lipinski definition) is 2. The number of aliphatic hydroxyl groups excluding tert-OH is 1. The minimum absolute atomic E-state index is 0.00945. The number of ketones is 3. The van der Waals surface area contributed by atoms with Crippen molar-refractivity contribution in [2.45, 2.75) is 213 Å². The Bertz CT molecular complexity index is 2780. The lowest BCUT2D eigenvalue weighted by molar-refractivity contribution is -0.265. The number of hydrogen-bond acceptors (Lipinski definition) is 19. The van der Waals surface area contributed by atoms with Crippen LogP contribution in [0.1, 0.15) is 157 Å². The van der Waals surface area contributed by atoms with Gasteiger partial charge in [0.05, 0.1) is 43.6 Å². The highest BCUT2D eigenvalue weighted by molar-refractivity contribution is 6.39. The molecule has 91 heavy (non-hydrogen) atoms. The van der Waals surface area contributed by atoms with E-state index in [1.807, 2.05) is 69.9 Å². The molecule has 2 N–H and O–H groups in total. The Morgan fingerprint density at radius 1 is 0.824 bits per heavy atom. The van der Waals surface area contributed by atoms with Gasteiger partial charge >= 0.3 is 12.1 Å². The Hall–Kier alpha value is -5.75. The number of aliphatic hydroxyl groups is 2. The molecule has 22 nitrogen and oxygen atoms in total. The maximum absolute atomic E-state index is 14.8. The van der Waals surface area contributed by atoms with Crippen molar-refractivity contribution in [2.24, 2.45) is 35.5 Å². The van der Waals surface area contributed by atoms with Crippen molar-refractivity contribution in [3.8, 4) is 0 Å². The number of anilines is 1. The molecule has 1 aromatic rings. The number of fused-ring (bicyclic) bond motifs is 4. The maximum atomic E-state index is 14.8. The summed E-state index contributed by atoms with van der Waals surface area (Å²) >= 11 is 0. The van der Waals surface area contributed by atoms with Crippen molar-refractivity contribution in [3.63, 3.8) is 0 Å². The second-order valence-electron chi connectivity index (χ2n) is 26.5. The Labute approximate surface area is 538 Å². The van der Waals surface area contributed by atoms with Crippen molar-refractivity contribution >= 4 is 47.2 Å². The van der Waals surface area contributed by atoms with Gasteiger partial charge in [0, 0.05) is 116 Å². The van der Waals surface area contributed by atoms with Crippen molar-refractivity contribution in [1.29, 1.82) is 0 Å². The predicted octanol–water partition coefficient (Wildman–Crippen LogP) is 7.64. The lowest BCUT2D eigenvalue weighted by Crippen LogP contribution is -2.61. The number of nitrogens with zero attached hydrogens (tertiary/aromatic N) is 6. The number of ether oxygens (including phenoxy) is 7. The molecule has 3 saturated heterocycles. The van der Waals surface area contributed by atoms with Crippen LogP contribution < -0.4 is 4.90 Å². The quantitative estimate of drug-likeness (QED) is 0.0831. The number of amides is 3. The minimum atomic E-state index is -2.47. The normalized spacial score (nSPS) is 33.9. The van der Waals surface area contributed by atoms with Crippen molar-refractivity contribution < 1.29 is 76.9 Å². The molecule has 1 aromatic heterocycles. The van der Waals surface area contributed by atoms with E-state index >= 15 is 0 Å². The molecule has 0 unspecified atom stereocenters. The first-order valence-corrected chi connectivity index (χ1v) is 33.4. The first-order chi connectivity index (χ1) is 43.5. The minimum Gasteiger partial charge on any atom is -0.460 e. The molecule has 6 heterocycles. The molecule has 0 aromatic carbocycles. The number of piperidine rings is 1. The average molecular weight is 1270 g/mol. The fourth-order valence-corrected chi connectivity index (χ4v) is 13.8. The largest absolute Gasteiger partial charge is 0.460 e. The van der Waals surface area contributed by atoms with Crippen molar-refractivity contribution in [1.82, 2.24) is 24.7 Å². The van der Waals surface area contributed by atoms with Gasteiger partial charge in [0.25, 0.3) is 11.7 Å². The van der Waals surface area contributed by atoms with E-state index < -0.39 is 102 Å². The van der Waals surface area contributed by atoms with E-state index in [4.69, 9.17) is 38.1 Å². The molecule has 2 bridgehead atoms. The molecule has 22 heteroatoms. The average Bonchev–Trinajstić information content (AvgIpc) is 1.11. The number of aromatic nitrogens is 2. The first-order valence-electron chi connectivity index (χ1n) is 33.4. The Kier molecular flexibility index (Phi) is 27.5. The third kappa shape index (κ3) is 19.2. The molecule has 0 radical (unpaired) electrons. The van der Waals surface area contributed by atoms with E-state index in [1.54, 1.807) is 52.2 Å². The van der Waals surface area contributed by atoms with Crippen molar-refractivity contribution in [2.75, 3.05) is 78.7 Å². The summed E-state index contributed by atoms with van der Waals surface area (Å²) in [4.78, 5) is 115. The standard InChI is InChI=1S/C69H104N6O16/c1-12-33-88-34-26-60(77)72-29-31-73(32-30-72)67-70-41-51-42-74(28-25-53(51)71-67)68(83)90-56-24-22-50(38-59(56)86-10)37-46(5)58-40-55(76)45(4)36-48(7)62(79)63(87-11)61(78)47(6)35-43(2)18-14-13-15-19-44(3)57(85-9)39-52-23-21-49(8)69(84,91-52)64(80)65(81)75-27-17-16-20-54(75)66(82)89-58/h13-15,18-19,36,41,43,45-47,49-50,52,54,56-59,62-63,79,84H,12,16-17,20-35,37-40,42H2,1-11H3/b15-13+,18-14+,44-19+,48-36+/t43-,45-,46-,47-,49-,50+,52+,54+,56-,57+,58+,59-,62-,63+,69-/m1/s1. The predicted molar refractivity (Wildman–Crippen MR) is 340 cm³/mol. The van der Waals surface area contributed by atoms with Gasteiger partial charge in [0.1, 0.15) is 36.2 Å². The highest BCUT2D eigenvalue weighted by Gasteiger charge is 2.53. The van der Waals surface area contributed by atoms with Gasteiger partial charge in [0.15, 0.2) is 5.78 Å². The maximum Gasteiger partial charge on any atom is 0.410 e. The van der Waals surface area contributed by atoms with Gasteiger partial charge in [-0.25, -0.2) is 19.6 Å². The van der Waals surface area contributed by atoms with Crippen LogP contribution in [0.25, 0.3) is 0 Å². The number of cyclic esters (lactones) is 1. The van der Waals surface area contributed by atoms with Crippen LogP contribution in [0, 0.1) is 35.5 Å². The molecule has 3 amide bonds. The SMILES string of the molecule is CCCOCCC(=O)N1CCN(c2ncc3c(n2)CCN(C(=O)O[C@@H]2CC[C@@H](C[C@@H](C)[C@@H]4CC(=O)[C@H](C)/C=C(\C)[C@@H](O)[C@@H](OC)C(=O)[C@H](C)C[C@H](C)/C=C/C=C/C=C(\C)[C@@H](OC)C[C@@H]5CC[C@@H](C)[C@@](O)(O5)C(=O)C(=O)N5CCCC[C@H]5C(=O)O4)C[C@H]2OC)C3)CC1. The summed E-state index contributed by atoms with van der Waals surface area (Å²) in [6.07, 6.45) is 13.3. The Balaban J connectivity index is 1.05. The van der Waals surface area contributed by atoms with Gasteiger partial charge in [-0.15, -0.1) is 0 Å². The van der Waals surface area contributed by atoms with Crippen molar-refractivity contribution in [3.05, 3.63) is 65.1 Å². The van der Waals surface area contributed by atoms with E-state index in [1.165, 1.54) is 12.0 Å². The molecular formula is C69H104N6O16. The molecule has 7 rings (SSSR count). The van der Waals surface area contributed by atoms with E-state index in [2.05, 4.69) is 9.88 Å². The molecule has 0 spiro atoms. The zero-order valence-electron chi connectivity index (χ0n) is 55.9. The van der Waals surface area contributed by atoms with E-state index in [0.717, 1.165) is 23.3 Å². The summed E-state index contributed by atoms with van der Waals surface area (Å²) in [6, 6.07) is -1.20. The summed E-state index contributed by atoms with van der Waals surface area (Å²) in [5.74, 6) is -7.84. The first kappa shape index (κ1) is 72.7. The summed E-state index contributed by atoms with van der Waals surface area (Å²) in [5.41, 5.74) is 2.93. The number of carbonyl (C=O) groups is 7. The van der Waals surface area contributed by atoms with Gasteiger partial charge in [-0.05, 0) is 113 Å². The van der Waals surface area contributed by atoms with Gasteiger partial charge in [-0.3, -0.25) is 24.0 Å². The van der Waals surface area contributed by atoms with Crippen LogP contribution in [-0.2, 0) is 74.9 Å². The summed E-state index contributed by atoms with van der Waals surface area (Å²) < 4.78 is 41.9.